The van der Waals surface area contributed by atoms with Gasteiger partial charge in [-0.2, -0.15) is 0 Å². The number of carbonyl (C=O) groups excluding carboxylic acids is 1. The van der Waals surface area contributed by atoms with Crippen LogP contribution >= 0.6 is 11.3 Å². The molecule has 29 heavy (non-hydrogen) atoms. The molecule has 0 aliphatic carbocycles. The molecule has 4 aromatic rings. The first-order chi connectivity index (χ1) is 14.3. The van der Waals surface area contributed by atoms with Crippen molar-refractivity contribution in [3.05, 3.63) is 88.8 Å². The van der Waals surface area contributed by atoms with Crippen molar-refractivity contribution in [2.45, 2.75) is 19.8 Å². The summed E-state index contributed by atoms with van der Waals surface area (Å²) in [5.74, 6) is 1.42. The van der Waals surface area contributed by atoms with Gasteiger partial charge in [0, 0.05) is 24.4 Å². The van der Waals surface area contributed by atoms with E-state index in [9.17, 15) is 4.79 Å². The van der Waals surface area contributed by atoms with Gasteiger partial charge in [0.25, 0.3) is 0 Å². The Kier molecular flexibility index (Phi) is 5.72. The Balaban J connectivity index is 2.06. The molecule has 0 amide bonds. The lowest BCUT2D eigenvalue weighted by Gasteiger charge is -2.10. The van der Waals surface area contributed by atoms with Crippen molar-refractivity contribution >= 4 is 22.9 Å². The summed E-state index contributed by atoms with van der Waals surface area (Å²) in [5, 5.41) is 0. The van der Waals surface area contributed by atoms with Crippen LogP contribution in [0.2, 0.25) is 0 Å². The van der Waals surface area contributed by atoms with E-state index in [1.807, 2.05) is 78.2 Å². The molecule has 6 heteroatoms. The number of aromatic nitrogens is 3. The van der Waals surface area contributed by atoms with Gasteiger partial charge in [-0.15, -0.1) is 0 Å². The monoisotopic (exact) mass is 400 g/mol. The van der Waals surface area contributed by atoms with E-state index in [-0.39, 0.29) is 5.78 Å². The molecule has 3 aromatic heterocycles. The van der Waals surface area contributed by atoms with Crippen LogP contribution in [0.15, 0.2) is 84.1 Å². The lowest BCUT2D eigenvalue weighted by molar-refractivity contribution is 0.0986. The molecule has 0 saturated heterocycles. The summed E-state index contributed by atoms with van der Waals surface area (Å²) in [6, 6.07) is 21.2. The number of rotatable bonds is 6. The van der Waals surface area contributed by atoms with Crippen LogP contribution in [-0.2, 0) is 0 Å². The molecule has 0 N–H and O–H groups in total. The van der Waals surface area contributed by atoms with E-state index in [0.717, 1.165) is 17.7 Å². The Morgan fingerprint density at radius 1 is 0.966 bits per heavy atom. The topological polar surface area (TPSA) is 60.1 Å². The van der Waals surface area contributed by atoms with Crippen molar-refractivity contribution in [1.29, 1.82) is 0 Å². The fraction of sp³-hybridized carbons (Fsp3) is 0.130. The largest absolute Gasteiger partial charge is 0.293 e. The molecule has 1 aromatic carbocycles. The van der Waals surface area contributed by atoms with E-state index >= 15 is 0 Å². The zero-order valence-electron chi connectivity index (χ0n) is 16.0. The summed E-state index contributed by atoms with van der Waals surface area (Å²) < 4.78 is 1.96. The number of Topliss-reactive ketones (excluding diaryl/α,β-unsaturated/α-hetero) is 1. The van der Waals surface area contributed by atoms with E-state index in [1.54, 1.807) is 12.4 Å². The maximum Gasteiger partial charge on any atom is 0.198 e. The maximum absolute atomic E-state index is 13.0. The molecule has 0 aliphatic heterocycles. The highest BCUT2D eigenvalue weighted by molar-refractivity contribution is 7.12. The van der Waals surface area contributed by atoms with Crippen molar-refractivity contribution in [2.75, 3.05) is 0 Å². The molecule has 0 bridgehead atoms. The smallest absolute Gasteiger partial charge is 0.198 e. The normalized spacial score (nSPS) is 11.6. The first-order valence-corrected chi connectivity index (χ1v) is 10.3. The standard InChI is InChI=1S/C23H20N4OS/c1-2-10-18(28)22-21(17-11-4-3-5-12-17)27(20-14-7-9-16-25-20)23(29-22)26-19-13-6-8-15-24-19/h3-9,11-16H,2,10H2,1H3/b26-23-. The van der Waals surface area contributed by atoms with E-state index in [4.69, 9.17) is 4.99 Å². The van der Waals surface area contributed by atoms with Crippen molar-refractivity contribution in [2.24, 2.45) is 4.99 Å². The number of benzene rings is 1. The van der Waals surface area contributed by atoms with Crippen LogP contribution < -0.4 is 4.80 Å². The Labute approximate surface area is 173 Å². The second-order valence-electron chi connectivity index (χ2n) is 6.42. The number of pyridine rings is 2. The van der Waals surface area contributed by atoms with Crippen LogP contribution in [0.4, 0.5) is 5.82 Å². The Morgan fingerprint density at radius 2 is 1.69 bits per heavy atom. The molecule has 0 unspecified atom stereocenters. The highest BCUT2D eigenvalue weighted by Crippen LogP contribution is 2.29. The molecule has 0 saturated carbocycles. The van der Waals surface area contributed by atoms with Crippen LogP contribution in [0.3, 0.4) is 0 Å². The van der Waals surface area contributed by atoms with Crippen molar-refractivity contribution in [3.8, 4) is 17.1 Å². The average molecular weight is 401 g/mol. The predicted molar refractivity (Wildman–Crippen MR) is 116 cm³/mol. The van der Waals surface area contributed by atoms with Crippen molar-refractivity contribution < 1.29 is 4.79 Å². The molecule has 0 aliphatic rings. The van der Waals surface area contributed by atoms with E-state index in [2.05, 4.69) is 9.97 Å². The molecule has 144 valence electrons. The molecule has 4 rings (SSSR count). The van der Waals surface area contributed by atoms with E-state index in [1.165, 1.54) is 11.3 Å². The summed E-state index contributed by atoms with van der Waals surface area (Å²) in [6.45, 7) is 2.01. The van der Waals surface area contributed by atoms with Gasteiger partial charge in [0.05, 0.1) is 10.6 Å². The fourth-order valence-corrected chi connectivity index (χ4v) is 4.18. The number of nitrogens with zero attached hydrogens (tertiary/aromatic N) is 4. The van der Waals surface area contributed by atoms with Gasteiger partial charge in [-0.25, -0.2) is 15.0 Å². The predicted octanol–water partition coefficient (Wildman–Crippen LogP) is 5.21. The lowest BCUT2D eigenvalue weighted by Crippen LogP contribution is -2.15. The second kappa shape index (κ2) is 8.75. The van der Waals surface area contributed by atoms with E-state index in [0.29, 0.717) is 27.7 Å². The van der Waals surface area contributed by atoms with Crippen LogP contribution in [0, 0.1) is 0 Å². The Bertz CT molecular complexity index is 1170. The van der Waals surface area contributed by atoms with E-state index < -0.39 is 0 Å². The first kappa shape index (κ1) is 19.0. The van der Waals surface area contributed by atoms with Gasteiger partial charge in [-0.05, 0) is 30.7 Å². The molecule has 3 heterocycles. The number of carbonyl (C=O) groups is 1. The minimum absolute atomic E-state index is 0.114. The maximum atomic E-state index is 13.0. The summed E-state index contributed by atoms with van der Waals surface area (Å²) in [5.41, 5.74) is 1.78. The van der Waals surface area contributed by atoms with Crippen LogP contribution in [0.1, 0.15) is 29.4 Å². The summed E-state index contributed by atoms with van der Waals surface area (Å²) in [7, 11) is 0. The third-order valence-corrected chi connectivity index (χ3v) is 5.42. The highest BCUT2D eigenvalue weighted by atomic mass is 32.1. The van der Waals surface area contributed by atoms with Gasteiger partial charge in [-0.1, -0.05) is 60.7 Å². The Hall–Kier alpha value is -3.38. The number of hydrogen-bond acceptors (Lipinski definition) is 5. The zero-order valence-corrected chi connectivity index (χ0v) is 16.8. The Morgan fingerprint density at radius 3 is 2.34 bits per heavy atom. The molecule has 5 nitrogen and oxygen atoms in total. The summed E-state index contributed by atoms with van der Waals surface area (Å²) >= 11 is 1.39. The van der Waals surface area contributed by atoms with Crippen molar-refractivity contribution in [3.63, 3.8) is 0 Å². The molecular weight excluding hydrogens is 380 g/mol. The second-order valence-corrected chi connectivity index (χ2v) is 7.40. The fourth-order valence-electron chi connectivity index (χ4n) is 3.06. The average Bonchev–Trinajstić information content (AvgIpc) is 3.15. The van der Waals surface area contributed by atoms with Gasteiger partial charge in [-0.3, -0.25) is 9.36 Å². The molecular formula is C23H20N4OS. The summed E-state index contributed by atoms with van der Waals surface area (Å²) in [4.78, 5) is 28.0. The van der Waals surface area contributed by atoms with Crippen molar-refractivity contribution in [1.82, 2.24) is 14.5 Å². The van der Waals surface area contributed by atoms with Crippen LogP contribution in [0.5, 0.6) is 0 Å². The minimum atomic E-state index is 0.114. The van der Waals surface area contributed by atoms with Gasteiger partial charge < -0.3 is 0 Å². The van der Waals surface area contributed by atoms with Gasteiger partial charge in [0.15, 0.2) is 16.4 Å². The molecule has 0 spiro atoms. The first-order valence-electron chi connectivity index (χ1n) is 9.49. The third-order valence-electron chi connectivity index (χ3n) is 4.34. The summed E-state index contributed by atoms with van der Waals surface area (Å²) in [6.07, 6.45) is 4.73. The third kappa shape index (κ3) is 4.07. The van der Waals surface area contributed by atoms with Gasteiger partial charge in [0.1, 0.15) is 5.82 Å². The molecule has 0 fully saturated rings. The van der Waals surface area contributed by atoms with Crippen LogP contribution in [0.25, 0.3) is 17.1 Å². The van der Waals surface area contributed by atoms with Crippen LogP contribution in [-0.4, -0.2) is 20.3 Å². The number of hydrogen-bond donors (Lipinski definition) is 0. The molecule has 0 atom stereocenters. The quantitative estimate of drug-likeness (QED) is 0.417. The molecule has 0 radical (unpaired) electrons. The number of ketones is 1. The van der Waals surface area contributed by atoms with Gasteiger partial charge in [0.2, 0.25) is 0 Å². The lowest BCUT2D eigenvalue weighted by atomic mass is 10.1. The van der Waals surface area contributed by atoms with Gasteiger partial charge >= 0.3 is 0 Å². The zero-order chi connectivity index (χ0) is 20.1. The number of thiazole rings is 1. The highest BCUT2D eigenvalue weighted by Gasteiger charge is 2.22. The minimum Gasteiger partial charge on any atom is -0.293 e. The SMILES string of the molecule is CCCC(=O)c1s/c(=N\c2ccccn2)n(-c2ccccn2)c1-c1ccccc1.